The van der Waals surface area contributed by atoms with E-state index in [0.29, 0.717) is 18.1 Å². The molecule has 2 nitrogen and oxygen atoms in total. The van der Waals surface area contributed by atoms with Gasteiger partial charge in [-0.25, -0.2) is 0 Å². The molecule has 20 heavy (non-hydrogen) atoms. The summed E-state index contributed by atoms with van der Waals surface area (Å²) in [5, 5.41) is 3.79. The predicted octanol–water partition coefficient (Wildman–Crippen LogP) is 3.55. The van der Waals surface area contributed by atoms with Gasteiger partial charge in [-0.2, -0.15) is 11.8 Å². The quantitative estimate of drug-likeness (QED) is 0.827. The second kappa shape index (κ2) is 8.06. The lowest BCUT2D eigenvalue weighted by atomic mass is 10.1. The zero-order chi connectivity index (χ0) is 14.4. The van der Waals surface area contributed by atoms with Gasteiger partial charge in [-0.15, -0.1) is 0 Å². The Morgan fingerprint density at radius 3 is 2.75 bits per heavy atom. The van der Waals surface area contributed by atoms with E-state index in [4.69, 9.17) is 0 Å². The minimum absolute atomic E-state index is 0.532. The lowest BCUT2D eigenvalue weighted by Gasteiger charge is -2.25. The average Bonchev–Trinajstić information content (AvgIpc) is 2.93. The molecule has 0 bridgehead atoms. The predicted molar refractivity (Wildman–Crippen MR) is 90.4 cm³/mol. The Hall–Kier alpha value is -0.510. The molecule has 1 N–H and O–H groups in total. The number of likely N-dealkylation sites (tertiary alicyclic amines) is 1. The summed E-state index contributed by atoms with van der Waals surface area (Å²) in [7, 11) is 0. The van der Waals surface area contributed by atoms with Gasteiger partial charge in [0, 0.05) is 31.2 Å². The van der Waals surface area contributed by atoms with Crippen molar-refractivity contribution in [2.24, 2.45) is 0 Å². The van der Waals surface area contributed by atoms with E-state index in [2.05, 4.69) is 60.7 Å². The first-order chi connectivity index (χ1) is 9.70. The van der Waals surface area contributed by atoms with Crippen LogP contribution >= 0.6 is 11.8 Å². The van der Waals surface area contributed by atoms with Crippen LogP contribution in [-0.4, -0.2) is 42.1 Å². The molecule has 1 aliphatic heterocycles. The van der Waals surface area contributed by atoms with Crippen molar-refractivity contribution in [1.82, 2.24) is 10.2 Å². The van der Waals surface area contributed by atoms with E-state index in [-0.39, 0.29) is 0 Å². The van der Waals surface area contributed by atoms with Gasteiger partial charge in [-0.3, -0.25) is 4.90 Å². The van der Waals surface area contributed by atoms with Crippen molar-refractivity contribution < 1.29 is 0 Å². The van der Waals surface area contributed by atoms with E-state index in [1.165, 1.54) is 37.2 Å². The summed E-state index contributed by atoms with van der Waals surface area (Å²) in [4.78, 5) is 2.61. The van der Waals surface area contributed by atoms with E-state index < -0.39 is 0 Å². The van der Waals surface area contributed by atoms with Crippen molar-refractivity contribution in [3.8, 4) is 0 Å². The van der Waals surface area contributed by atoms with Crippen LogP contribution in [0, 0.1) is 0 Å². The maximum Gasteiger partial charge on any atom is 0.0320 e. The van der Waals surface area contributed by atoms with E-state index in [1.807, 2.05) is 11.8 Å². The number of nitrogens with one attached hydrogen (secondary N) is 1. The van der Waals surface area contributed by atoms with Gasteiger partial charge in [0.05, 0.1) is 0 Å². The van der Waals surface area contributed by atoms with Crippen LogP contribution in [0.5, 0.6) is 0 Å². The first-order valence-electron chi connectivity index (χ1n) is 7.74. The Labute approximate surface area is 128 Å². The molecule has 0 radical (unpaired) electrons. The monoisotopic (exact) mass is 292 g/mol. The Balaban J connectivity index is 1.80. The molecule has 0 unspecified atom stereocenters. The standard InChI is InChI=1S/C17H28N2S/c1-14(10-12-20-3)18-17-9-11-19(13-17)15(2)16-7-5-4-6-8-16/h4-8,14-15,17-18H,9-13H2,1-3H3/t14-,15+,17+/m0/s1. The minimum atomic E-state index is 0.532. The van der Waals surface area contributed by atoms with Crippen LogP contribution in [-0.2, 0) is 0 Å². The molecule has 1 heterocycles. The van der Waals surface area contributed by atoms with Crippen LogP contribution in [0.1, 0.15) is 38.3 Å². The van der Waals surface area contributed by atoms with Crippen molar-refractivity contribution in [3.63, 3.8) is 0 Å². The number of benzene rings is 1. The van der Waals surface area contributed by atoms with E-state index in [1.54, 1.807) is 0 Å². The van der Waals surface area contributed by atoms with Crippen molar-refractivity contribution >= 4 is 11.8 Å². The van der Waals surface area contributed by atoms with Crippen LogP contribution < -0.4 is 5.32 Å². The molecular formula is C17H28N2S. The summed E-state index contributed by atoms with van der Waals surface area (Å²) in [6.07, 6.45) is 4.73. The lowest BCUT2D eigenvalue weighted by molar-refractivity contribution is 0.253. The summed E-state index contributed by atoms with van der Waals surface area (Å²) < 4.78 is 0. The highest BCUT2D eigenvalue weighted by atomic mass is 32.2. The average molecular weight is 292 g/mol. The van der Waals surface area contributed by atoms with Crippen LogP contribution in [0.25, 0.3) is 0 Å². The van der Waals surface area contributed by atoms with Crippen molar-refractivity contribution in [2.75, 3.05) is 25.1 Å². The molecular weight excluding hydrogens is 264 g/mol. The maximum atomic E-state index is 3.79. The van der Waals surface area contributed by atoms with Crippen LogP contribution in [0.2, 0.25) is 0 Å². The zero-order valence-electron chi connectivity index (χ0n) is 13.0. The highest BCUT2D eigenvalue weighted by Crippen LogP contribution is 2.24. The van der Waals surface area contributed by atoms with Gasteiger partial charge >= 0.3 is 0 Å². The molecule has 0 saturated carbocycles. The van der Waals surface area contributed by atoms with Crippen molar-refractivity contribution in [3.05, 3.63) is 35.9 Å². The van der Waals surface area contributed by atoms with Gasteiger partial charge in [0.2, 0.25) is 0 Å². The third-order valence-electron chi connectivity index (χ3n) is 4.32. The number of rotatable bonds is 7. The molecule has 0 amide bonds. The fourth-order valence-electron chi connectivity index (χ4n) is 3.00. The zero-order valence-corrected chi connectivity index (χ0v) is 13.8. The third kappa shape index (κ3) is 4.51. The van der Waals surface area contributed by atoms with Gasteiger partial charge < -0.3 is 5.32 Å². The molecule has 2 rings (SSSR count). The van der Waals surface area contributed by atoms with Gasteiger partial charge in [0.25, 0.3) is 0 Å². The van der Waals surface area contributed by atoms with E-state index in [0.717, 1.165) is 0 Å². The summed E-state index contributed by atoms with van der Waals surface area (Å²) in [6, 6.07) is 12.7. The molecule has 3 atom stereocenters. The Bertz CT molecular complexity index is 382. The summed E-state index contributed by atoms with van der Waals surface area (Å²) in [6.45, 7) is 7.04. The summed E-state index contributed by atoms with van der Waals surface area (Å²) >= 11 is 1.94. The van der Waals surface area contributed by atoms with Gasteiger partial charge in [-0.05, 0) is 44.3 Å². The second-order valence-corrected chi connectivity index (χ2v) is 6.90. The van der Waals surface area contributed by atoms with Gasteiger partial charge in [0.15, 0.2) is 0 Å². The largest absolute Gasteiger partial charge is 0.310 e. The Morgan fingerprint density at radius 2 is 2.05 bits per heavy atom. The minimum Gasteiger partial charge on any atom is -0.310 e. The number of hydrogen-bond acceptors (Lipinski definition) is 3. The molecule has 1 aromatic carbocycles. The molecule has 112 valence electrons. The fraction of sp³-hybridized carbons (Fsp3) is 0.647. The summed E-state index contributed by atoms with van der Waals surface area (Å²) in [5.41, 5.74) is 1.43. The Kier molecular flexibility index (Phi) is 6.40. The molecule has 1 aromatic rings. The summed E-state index contributed by atoms with van der Waals surface area (Å²) in [5.74, 6) is 1.25. The third-order valence-corrected chi connectivity index (χ3v) is 4.97. The normalized spacial score (nSPS) is 22.9. The SMILES string of the molecule is CSCC[C@H](C)N[C@@H]1CCN([C@H](C)c2ccccc2)C1. The highest BCUT2D eigenvalue weighted by molar-refractivity contribution is 7.98. The molecule has 1 saturated heterocycles. The molecule has 0 spiro atoms. The van der Waals surface area contributed by atoms with Crippen LogP contribution in [0.15, 0.2) is 30.3 Å². The van der Waals surface area contributed by atoms with Gasteiger partial charge in [0.1, 0.15) is 0 Å². The highest BCUT2D eigenvalue weighted by Gasteiger charge is 2.27. The van der Waals surface area contributed by atoms with Gasteiger partial charge in [-0.1, -0.05) is 30.3 Å². The number of thioether (sulfide) groups is 1. The molecule has 1 aliphatic rings. The Morgan fingerprint density at radius 1 is 1.30 bits per heavy atom. The molecule has 1 fully saturated rings. The van der Waals surface area contributed by atoms with Crippen LogP contribution in [0.3, 0.4) is 0 Å². The number of nitrogens with zero attached hydrogens (tertiary/aromatic N) is 1. The first-order valence-corrected chi connectivity index (χ1v) is 9.14. The second-order valence-electron chi connectivity index (χ2n) is 5.92. The topological polar surface area (TPSA) is 15.3 Å². The van der Waals surface area contributed by atoms with Crippen LogP contribution in [0.4, 0.5) is 0 Å². The van der Waals surface area contributed by atoms with E-state index in [9.17, 15) is 0 Å². The van der Waals surface area contributed by atoms with E-state index >= 15 is 0 Å². The van der Waals surface area contributed by atoms with Crippen molar-refractivity contribution in [2.45, 2.75) is 44.8 Å². The lowest BCUT2D eigenvalue weighted by Crippen LogP contribution is -2.39. The molecule has 0 aliphatic carbocycles. The maximum absolute atomic E-state index is 3.79. The molecule has 0 aromatic heterocycles. The van der Waals surface area contributed by atoms with Crippen molar-refractivity contribution in [1.29, 1.82) is 0 Å². The number of hydrogen-bond donors (Lipinski definition) is 1. The fourth-order valence-corrected chi connectivity index (χ4v) is 3.59. The molecule has 3 heteroatoms. The first kappa shape index (κ1) is 15.9. The smallest absolute Gasteiger partial charge is 0.0320 e.